The van der Waals surface area contributed by atoms with Crippen molar-refractivity contribution in [3.05, 3.63) is 76.3 Å². The molecule has 34 heavy (non-hydrogen) atoms. The van der Waals surface area contributed by atoms with Crippen LogP contribution in [0.15, 0.2) is 59.5 Å². The van der Waals surface area contributed by atoms with Crippen molar-refractivity contribution in [3.63, 3.8) is 0 Å². The molecule has 2 unspecified atom stereocenters. The van der Waals surface area contributed by atoms with Gasteiger partial charge in [-0.3, -0.25) is 4.79 Å². The molecule has 1 aliphatic rings. The highest BCUT2D eigenvalue weighted by Crippen LogP contribution is 2.51. The third-order valence-corrected chi connectivity index (χ3v) is 8.32. The predicted octanol–water partition coefficient (Wildman–Crippen LogP) is 3.55. The number of ether oxygens (including phenoxy) is 1. The van der Waals surface area contributed by atoms with Crippen LogP contribution >= 0.6 is 0 Å². The van der Waals surface area contributed by atoms with Gasteiger partial charge in [-0.05, 0) is 30.3 Å². The number of nitrogens with zero attached hydrogens (tertiary/aromatic N) is 1. The molecule has 2 aromatic carbocycles. The Morgan fingerprint density at radius 2 is 1.85 bits per heavy atom. The Bertz CT molecular complexity index is 1420. The van der Waals surface area contributed by atoms with Gasteiger partial charge < -0.3 is 14.4 Å². The quantitative estimate of drug-likeness (QED) is 0.543. The Balaban J connectivity index is 1.90. The first-order chi connectivity index (χ1) is 15.8. The number of pyridine rings is 1. The van der Waals surface area contributed by atoms with E-state index < -0.39 is 57.0 Å². The average Bonchev–Trinajstić information content (AvgIpc) is 2.75. The molecule has 4 rings (SSSR count). The second-order valence-corrected chi connectivity index (χ2v) is 10.9. The normalized spacial score (nSPS) is 20.4. The van der Waals surface area contributed by atoms with Gasteiger partial charge in [-0.15, -0.1) is 0 Å². The maximum Gasteiger partial charge on any atom is 0.419 e. The summed E-state index contributed by atoms with van der Waals surface area (Å²) in [5.74, 6) is -0.907. The Hall–Kier alpha value is -2.92. The molecular formula is C23H21F4NO5S. The number of rotatable bonds is 5. The van der Waals surface area contributed by atoms with Gasteiger partial charge in [0, 0.05) is 42.3 Å². The minimum atomic E-state index is -5.26. The Labute approximate surface area is 192 Å². The van der Waals surface area contributed by atoms with Gasteiger partial charge in [0.2, 0.25) is 0 Å². The standard InChI is InChI=1S/C23H21F4NO5S/c1-34(31,32)21(9-11-33-20-7-6-15(24)12-17(20)21)13-22(30,23(25,26)27)14-28-10-8-19(29)16-4-2-3-5-18(16)28/h2-8,10,12,30H,9,11,13-14H2,1H3. The van der Waals surface area contributed by atoms with Gasteiger partial charge in [0.15, 0.2) is 20.9 Å². The van der Waals surface area contributed by atoms with Crippen LogP contribution in [-0.2, 0) is 21.1 Å². The number of halogens is 4. The lowest BCUT2D eigenvalue weighted by atomic mass is 9.81. The van der Waals surface area contributed by atoms with Crippen LogP contribution in [0.5, 0.6) is 5.75 Å². The Morgan fingerprint density at radius 1 is 1.15 bits per heavy atom. The minimum Gasteiger partial charge on any atom is -0.493 e. The topological polar surface area (TPSA) is 85.6 Å². The fourth-order valence-corrected chi connectivity index (χ4v) is 6.06. The molecule has 0 spiro atoms. The zero-order valence-electron chi connectivity index (χ0n) is 18.0. The third-order valence-electron chi connectivity index (χ3n) is 6.33. The molecule has 1 N–H and O–H groups in total. The molecule has 0 bridgehead atoms. The maximum atomic E-state index is 14.4. The first kappa shape index (κ1) is 24.2. The number of sulfone groups is 1. The van der Waals surface area contributed by atoms with Crippen LogP contribution in [0.4, 0.5) is 17.6 Å². The molecule has 6 nitrogen and oxygen atoms in total. The van der Waals surface area contributed by atoms with Crippen LogP contribution < -0.4 is 10.2 Å². The fraction of sp³-hybridized carbons (Fsp3) is 0.348. The molecule has 0 aliphatic carbocycles. The van der Waals surface area contributed by atoms with Crippen molar-refractivity contribution in [2.24, 2.45) is 0 Å². The highest BCUT2D eigenvalue weighted by Gasteiger charge is 2.61. The van der Waals surface area contributed by atoms with Crippen LogP contribution in [-0.4, -0.2) is 42.7 Å². The molecular weight excluding hydrogens is 478 g/mol. The largest absolute Gasteiger partial charge is 0.493 e. The molecule has 1 aliphatic heterocycles. The van der Waals surface area contributed by atoms with Gasteiger partial charge in [0.25, 0.3) is 0 Å². The summed E-state index contributed by atoms with van der Waals surface area (Å²) in [6.07, 6.45) is -5.08. The number of aromatic nitrogens is 1. The summed E-state index contributed by atoms with van der Waals surface area (Å²) in [5, 5.41) is 11.2. The lowest BCUT2D eigenvalue weighted by Gasteiger charge is -2.43. The fourth-order valence-electron chi connectivity index (χ4n) is 4.54. The molecule has 1 aromatic heterocycles. The number of hydrogen-bond donors (Lipinski definition) is 1. The van der Waals surface area contributed by atoms with Gasteiger partial charge in [-0.1, -0.05) is 12.1 Å². The molecule has 0 saturated carbocycles. The van der Waals surface area contributed by atoms with Crippen molar-refractivity contribution in [1.82, 2.24) is 4.57 Å². The summed E-state index contributed by atoms with van der Waals surface area (Å²) in [6, 6.07) is 10.0. The molecule has 0 fully saturated rings. The summed E-state index contributed by atoms with van der Waals surface area (Å²) in [4.78, 5) is 12.1. The van der Waals surface area contributed by atoms with E-state index in [-0.39, 0.29) is 28.8 Å². The van der Waals surface area contributed by atoms with Gasteiger partial charge in [-0.25, -0.2) is 12.8 Å². The molecule has 2 atom stereocenters. The number of fused-ring (bicyclic) bond motifs is 2. The summed E-state index contributed by atoms with van der Waals surface area (Å²) in [7, 11) is -4.32. The van der Waals surface area contributed by atoms with Crippen LogP contribution in [0.25, 0.3) is 10.9 Å². The molecule has 11 heteroatoms. The monoisotopic (exact) mass is 499 g/mol. The van der Waals surface area contributed by atoms with Crippen LogP contribution in [0, 0.1) is 5.82 Å². The number of para-hydroxylation sites is 1. The SMILES string of the molecule is CS(=O)(=O)C1(CC(O)(Cn2ccc(=O)c3ccccc32)C(F)(F)F)CCOc2ccc(F)cc21. The van der Waals surface area contributed by atoms with E-state index in [9.17, 15) is 35.9 Å². The minimum absolute atomic E-state index is 0.0589. The van der Waals surface area contributed by atoms with Gasteiger partial charge in [0.1, 0.15) is 16.3 Å². The van der Waals surface area contributed by atoms with Crippen molar-refractivity contribution in [2.45, 2.75) is 35.9 Å². The van der Waals surface area contributed by atoms with Gasteiger partial charge in [-0.2, -0.15) is 13.2 Å². The number of aliphatic hydroxyl groups is 1. The zero-order valence-corrected chi connectivity index (χ0v) is 18.8. The van der Waals surface area contributed by atoms with Crippen LogP contribution in [0.2, 0.25) is 0 Å². The van der Waals surface area contributed by atoms with Gasteiger partial charge in [0.05, 0.1) is 18.7 Å². The molecule has 0 radical (unpaired) electrons. The Morgan fingerprint density at radius 3 is 2.53 bits per heavy atom. The molecule has 0 amide bonds. The zero-order chi connectivity index (χ0) is 24.9. The van der Waals surface area contributed by atoms with Crippen molar-refractivity contribution >= 4 is 20.7 Å². The average molecular weight is 499 g/mol. The molecule has 3 aromatic rings. The number of alkyl halides is 3. The van der Waals surface area contributed by atoms with Gasteiger partial charge >= 0.3 is 6.18 Å². The second-order valence-electron chi connectivity index (χ2n) is 8.54. The summed E-state index contributed by atoms with van der Waals surface area (Å²) in [5.41, 5.74) is -4.09. The highest BCUT2D eigenvalue weighted by atomic mass is 32.2. The highest BCUT2D eigenvalue weighted by molar-refractivity contribution is 7.91. The van der Waals surface area contributed by atoms with E-state index in [0.717, 1.165) is 41.3 Å². The smallest absolute Gasteiger partial charge is 0.419 e. The Kier molecular flexibility index (Phi) is 5.76. The van der Waals surface area contributed by atoms with E-state index in [0.29, 0.717) is 0 Å². The maximum absolute atomic E-state index is 14.4. The van der Waals surface area contributed by atoms with Crippen molar-refractivity contribution in [3.8, 4) is 5.75 Å². The van der Waals surface area contributed by atoms with E-state index in [1.165, 1.54) is 18.2 Å². The van der Waals surface area contributed by atoms with E-state index in [1.54, 1.807) is 6.07 Å². The summed E-state index contributed by atoms with van der Waals surface area (Å²) < 4.78 is 87.5. The second kappa shape index (κ2) is 8.09. The van der Waals surface area contributed by atoms with Crippen molar-refractivity contribution in [1.29, 1.82) is 0 Å². The first-order valence-electron chi connectivity index (χ1n) is 10.3. The number of hydrogen-bond acceptors (Lipinski definition) is 5. The van der Waals surface area contributed by atoms with E-state index >= 15 is 0 Å². The van der Waals surface area contributed by atoms with E-state index in [4.69, 9.17) is 4.74 Å². The molecule has 0 saturated heterocycles. The lowest BCUT2D eigenvalue weighted by molar-refractivity contribution is -0.270. The van der Waals surface area contributed by atoms with Crippen molar-refractivity contribution in [2.75, 3.05) is 12.9 Å². The first-order valence-corrected chi connectivity index (χ1v) is 12.2. The third kappa shape index (κ3) is 3.96. The number of benzene rings is 2. The van der Waals surface area contributed by atoms with Crippen LogP contribution in [0.3, 0.4) is 0 Å². The molecule has 2 heterocycles. The summed E-state index contributed by atoms with van der Waals surface area (Å²) >= 11 is 0. The predicted molar refractivity (Wildman–Crippen MR) is 117 cm³/mol. The lowest BCUT2D eigenvalue weighted by Crippen LogP contribution is -2.56. The van der Waals surface area contributed by atoms with E-state index in [1.807, 2.05) is 0 Å². The van der Waals surface area contributed by atoms with E-state index in [2.05, 4.69) is 0 Å². The summed E-state index contributed by atoms with van der Waals surface area (Å²) in [6.45, 7) is -1.32. The van der Waals surface area contributed by atoms with Crippen molar-refractivity contribution < 1.29 is 35.8 Å². The molecule has 182 valence electrons. The van der Waals surface area contributed by atoms with Crippen LogP contribution in [0.1, 0.15) is 18.4 Å².